The van der Waals surface area contributed by atoms with Crippen molar-refractivity contribution in [3.8, 4) is 5.75 Å². The first-order valence-electron chi connectivity index (χ1n) is 13.8. The van der Waals surface area contributed by atoms with Crippen molar-refractivity contribution in [3.63, 3.8) is 0 Å². The van der Waals surface area contributed by atoms with Crippen molar-refractivity contribution in [1.82, 2.24) is 9.80 Å². The van der Waals surface area contributed by atoms with E-state index in [0.29, 0.717) is 23.9 Å². The standard InChI is InChI=1S/C30H41N3O7/c1-14(2)11-33(12-15(3)4)13-16-7-8-20(34)22-18(16)9-17-10-19-24(32(5)6)26(36)23(29(31)39)28(38)30(19,40)27(37)21(17)25(22)35/h7-8,14-15,17,19,24,34-35,38,40H,9-13H2,1-6H3,(H2,31,39)/t17-,19-,24-,30-/m1/s1. The van der Waals surface area contributed by atoms with E-state index in [1.807, 2.05) is 6.07 Å². The summed E-state index contributed by atoms with van der Waals surface area (Å²) in [5.41, 5.74) is 3.54. The van der Waals surface area contributed by atoms with E-state index < -0.39 is 58.0 Å². The third-order valence-electron chi connectivity index (χ3n) is 8.34. The summed E-state index contributed by atoms with van der Waals surface area (Å²) >= 11 is 0. The van der Waals surface area contributed by atoms with Crippen LogP contribution in [0, 0.1) is 23.7 Å². The average molecular weight is 556 g/mol. The normalized spacial score (nSPS) is 26.6. The molecule has 0 aromatic heterocycles. The molecule has 0 unspecified atom stereocenters. The molecule has 1 saturated carbocycles. The minimum atomic E-state index is -2.64. The molecule has 0 radical (unpaired) electrons. The summed E-state index contributed by atoms with van der Waals surface area (Å²) in [4.78, 5) is 43.2. The van der Waals surface area contributed by atoms with Gasteiger partial charge in [-0.2, -0.15) is 0 Å². The van der Waals surface area contributed by atoms with Crippen LogP contribution in [0.5, 0.6) is 5.75 Å². The highest BCUT2D eigenvalue weighted by molar-refractivity contribution is 6.24. The molecule has 10 heteroatoms. The highest BCUT2D eigenvalue weighted by Crippen LogP contribution is 2.53. The van der Waals surface area contributed by atoms with E-state index >= 15 is 0 Å². The van der Waals surface area contributed by atoms with Crippen LogP contribution in [0.2, 0.25) is 0 Å². The maximum atomic E-state index is 14.0. The maximum absolute atomic E-state index is 14.0. The summed E-state index contributed by atoms with van der Waals surface area (Å²) in [5, 5.41) is 45.0. The van der Waals surface area contributed by atoms with Crippen molar-refractivity contribution in [1.29, 1.82) is 0 Å². The number of benzene rings is 1. The Morgan fingerprint density at radius 2 is 1.68 bits per heavy atom. The molecule has 0 aliphatic heterocycles. The highest BCUT2D eigenvalue weighted by atomic mass is 16.3. The molecule has 0 saturated heterocycles. The van der Waals surface area contributed by atoms with Crippen LogP contribution in [0.3, 0.4) is 0 Å². The van der Waals surface area contributed by atoms with Gasteiger partial charge in [0.15, 0.2) is 11.4 Å². The first-order valence-corrected chi connectivity index (χ1v) is 13.8. The van der Waals surface area contributed by atoms with Gasteiger partial charge in [-0.1, -0.05) is 33.8 Å². The van der Waals surface area contributed by atoms with Crippen LogP contribution in [0.4, 0.5) is 0 Å². The third-order valence-corrected chi connectivity index (χ3v) is 8.34. The number of aromatic hydroxyl groups is 1. The number of carbonyl (C=O) groups excluding carboxylic acids is 3. The van der Waals surface area contributed by atoms with Crippen molar-refractivity contribution in [3.05, 3.63) is 45.7 Å². The molecular formula is C30H41N3O7. The number of ketones is 2. The number of hydrogen-bond donors (Lipinski definition) is 5. The predicted octanol–water partition coefficient (Wildman–Crippen LogP) is 2.08. The molecule has 1 fully saturated rings. The van der Waals surface area contributed by atoms with Crippen LogP contribution in [0.15, 0.2) is 29.0 Å². The van der Waals surface area contributed by atoms with Gasteiger partial charge in [-0.25, -0.2) is 0 Å². The molecule has 4 atom stereocenters. The molecule has 218 valence electrons. The maximum Gasteiger partial charge on any atom is 0.255 e. The number of rotatable bonds is 8. The Bertz CT molecular complexity index is 1300. The molecule has 0 spiro atoms. The number of nitrogens with two attached hydrogens (primary N) is 1. The molecule has 1 amide bonds. The van der Waals surface area contributed by atoms with E-state index in [0.717, 1.165) is 18.7 Å². The molecule has 3 aliphatic carbocycles. The first kappa shape index (κ1) is 29.8. The molecule has 6 N–H and O–H groups in total. The predicted molar refractivity (Wildman–Crippen MR) is 149 cm³/mol. The summed E-state index contributed by atoms with van der Waals surface area (Å²) in [6, 6.07) is 2.22. The van der Waals surface area contributed by atoms with Crippen molar-refractivity contribution in [2.75, 3.05) is 27.2 Å². The second-order valence-corrected chi connectivity index (χ2v) is 12.5. The Labute approximate surface area is 234 Å². The second-order valence-electron chi connectivity index (χ2n) is 12.5. The van der Waals surface area contributed by atoms with Crippen LogP contribution in [-0.2, 0) is 27.3 Å². The summed E-state index contributed by atoms with van der Waals surface area (Å²) in [5.74, 6) is -5.59. The Balaban J connectivity index is 1.87. The van der Waals surface area contributed by atoms with E-state index in [9.17, 15) is 34.8 Å². The number of nitrogens with zero attached hydrogens (tertiary/aromatic N) is 2. The van der Waals surface area contributed by atoms with Gasteiger partial charge in [0.05, 0.1) is 11.6 Å². The minimum absolute atomic E-state index is 0.0720. The molecule has 4 rings (SSSR count). The quantitative estimate of drug-likeness (QED) is 0.302. The van der Waals surface area contributed by atoms with E-state index in [2.05, 4.69) is 32.6 Å². The average Bonchev–Trinajstić information content (AvgIpc) is 2.81. The van der Waals surface area contributed by atoms with Crippen molar-refractivity contribution >= 4 is 23.2 Å². The Kier molecular flexibility index (Phi) is 7.92. The van der Waals surface area contributed by atoms with Gasteiger partial charge in [0.25, 0.3) is 5.91 Å². The Morgan fingerprint density at radius 3 is 2.20 bits per heavy atom. The van der Waals surface area contributed by atoms with E-state index in [1.165, 1.54) is 11.0 Å². The van der Waals surface area contributed by atoms with Crippen LogP contribution < -0.4 is 5.73 Å². The minimum Gasteiger partial charge on any atom is -0.508 e. The number of amides is 1. The SMILES string of the molecule is CC(C)CN(Cc1ccc(O)c2c1C[C@@H]1C[C@@H]3[C@@H](N(C)C)C(=O)C(C(N)=O)=C(O)[C@]3(O)C(=O)C1=C2O)CC(C)C. The molecule has 40 heavy (non-hydrogen) atoms. The fraction of sp³-hybridized carbons (Fsp3) is 0.567. The molecule has 0 bridgehead atoms. The molecule has 3 aliphatic rings. The summed E-state index contributed by atoms with van der Waals surface area (Å²) in [6.45, 7) is 10.9. The lowest BCUT2D eigenvalue weighted by molar-refractivity contribution is -0.153. The van der Waals surface area contributed by atoms with Gasteiger partial charge in [0.2, 0.25) is 5.78 Å². The highest BCUT2D eigenvalue weighted by Gasteiger charge is 2.64. The van der Waals surface area contributed by atoms with Gasteiger partial charge in [-0.3, -0.25) is 24.2 Å². The molecule has 1 aromatic carbocycles. The monoisotopic (exact) mass is 555 g/mol. The van der Waals surface area contributed by atoms with Crippen LogP contribution >= 0.6 is 0 Å². The lowest BCUT2D eigenvalue weighted by atomic mass is 9.57. The largest absolute Gasteiger partial charge is 0.508 e. The van der Waals surface area contributed by atoms with Crippen LogP contribution in [-0.4, -0.2) is 86.5 Å². The fourth-order valence-corrected chi connectivity index (χ4v) is 6.93. The van der Waals surface area contributed by atoms with Crippen LogP contribution in [0.1, 0.15) is 50.8 Å². The number of phenolic OH excluding ortho intramolecular Hbond substituents is 1. The van der Waals surface area contributed by atoms with Crippen molar-refractivity contribution in [2.24, 2.45) is 29.4 Å². The molecule has 10 nitrogen and oxygen atoms in total. The van der Waals surface area contributed by atoms with Gasteiger partial charge < -0.3 is 26.2 Å². The molecule has 1 aromatic rings. The number of phenols is 1. The number of aliphatic hydroxyl groups is 3. The number of primary amides is 1. The number of carbonyl (C=O) groups is 3. The van der Waals surface area contributed by atoms with E-state index in [-0.39, 0.29) is 29.7 Å². The molecule has 0 heterocycles. The smallest absolute Gasteiger partial charge is 0.255 e. The Hall–Kier alpha value is -3.21. The van der Waals surface area contributed by atoms with Gasteiger partial charge in [0, 0.05) is 31.1 Å². The number of likely N-dealkylation sites (N-methyl/N-ethyl adjacent to an activating group) is 1. The van der Waals surface area contributed by atoms with E-state index in [1.54, 1.807) is 14.1 Å². The van der Waals surface area contributed by atoms with Gasteiger partial charge in [-0.15, -0.1) is 0 Å². The van der Waals surface area contributed by atoms with E-state index in [4.69, 9.17) is 5.73 Å². The number of Topliss-reactive ketones (excluding diaryl/α,β-unsaturated/α-hetero) is 2. The van der Waals surface area contributed by atoms with Crippen molar-refractivity contribution in [2.45, 2.75) is 58.7 Å². The zero-order valence-electron chi connectivity index (χ0n) is 24.1. The third kappa shape index (κ3) is 4.71. The van der Waals surface area contributed by atoms with Crippen LogP contribution in [0.25, 0.3) is 5.76 Å². The zero-order chi connectivity index (χ0) is 29.8. The lowest BCUT2D eigenvalue weighted by Gasteiger charge is -2.50. The molecular weight excluding hydrogens is 514 g/mol. The number of hydrogen-bond acceptors (Lipinski definition) is 9. The summed E-state index contributed by atoms with van der Waals surface area (Å²) < 4.78 is 0. The summed E-state index contributed by atoms with van der Waals surface area (Å²) in [7, 11) is 3.17. The summed E-state index contributed by atoms with van der Waals surface area (Å²) in [6.07, 6.45) is 0.359. The topological polar surface area (TPSA) is 165 Å². The van der Waals surface area contributed by atoms with Gasteiger partial charge in [-0.05, 0) is 61.9 Å². The number of fused-ring (bicyclic) bond motifs is 3. The Morgan fingerprint density at radius 1 is 1.07 bits per heavy atom. The van der Waals surface area contributed by atoms with Crippen molar-refractivity contribution < 1.29 is 34.8 Å². The lowest BCUT2D eigenvalue weighted by Crippen LogP contribution is -2.65. The van der Waals surface area contributed by atoms with Gasteiger partial charge in [0.1, 0.15) is 22.8 Å². The fourth-order valence-electron chi connectivity index (χ4n) is 6.93. The van der Waals surface area contributed by atoms with Gasteiger partial charge >= 0.3 is 0 Å². The second kappa shape index (κ2) is 10.6. The first-order chi connectivity index (χ1) is 18.6. The zero-order valence-corrected chi connectivity index (χ0v) is 24.1. The number of aliphatic hydroxyl groups excluding tert-OH is 2.